The molecular weight excluding hydrogens is 475 g/mol. The molecule has 1 saturated carbocycles. The van der Waals surface area contributed by atoms with Crippen LogP contribution in [0.5, 0.6) is 0 Å². The van der Waals surface area contributed by atoms with Crippen LogP contribution in [0.4, 0.5) is 24.9 Å². The first-order chi connectivity index (χ1) is 16.8. The van der Waals surface area contributed by atoms with E-state index < -0.39 is 30.0 Å². The van der Waals surface area contributed by atoms with Gasteiger partial charge in [-0.2, -0.15) is 13.2 Å². The van der Waals surface area contributed by atoms with Crippen LogP contribution in [-0.2, 0) is 10.2 Å². The maximum absolute atomic E-state index is 12.8. The summed E-state index contributed by atoms with van der Waals surface area (Å²) in [5.74, 6) is -0.989. The second-order valence-electron chi connectivity index (χ2n) is 10.4. The molecule has 0 radical (unpaired) electrons. The quantitative estimate of drug-likeness (QED) is 0.378. The van der Waals surface area contributed by atoms with E-state index in [1.807, 2.05) is 27.7 Å². The van der Waals surface area contributed by atoms with Crippen LogP contribution >= 0.6 is 0 Å². The lowest BCUT2D eigenvalue weighted by Gasteiger charge is -2.26. The summed E-state index contributed by atoms with van der Waals surface area (Å²) < 4.78 is 44.2. The number of hydrogen-bond acceptors (Lipinski definition) is 7. The number of nitrogens with zero attached hydrogens (tertiary/aromatic N) is 3. The first kappa shape index (κ1) is 25.7. The van der Waals surface area contributed by atoms with Crippen LogP contribution < -0.4 is 10.6 Å². The van der Waals surface area contributed by atoms with E-state index in [0.29, 0.717) is 29.7 Å². The van der Waals surface area contributed by atoms with E-state index in [-0.39, 0.29) is 17.9 Å². The molecule has 2 heterocycles. The van der Waals surface area contributed by atoms with Crippen molar-refractivity contribution in [1.29, 1.82) is 0 Å². The van der Waals surface area contributed by atoms with Gasteiger partial charge in [-0.25, -0.2) is 4.98 Å². The molecule has 2 aromatic heterocycles. The molecule has 8 nitrogen and oxygen atoms in total. The van der Waals surface area contributed by atoms with Crippen LogP contribution in [0.15, 0.2) is 22.6 Å². The van der Waals surface area contributed by atoms with Gasteiger partial charge in [0.2, 0.25) is 0 Å². The third-order valence-electron chi connectivity index (χ3n) is 6.42. The van der Waals surface area contributed by atoms with E-state index in [2.05, 4.69) is 20.8 Å². The van der Waals surface area contributed by atoms with Gasteiger partial charge in [0.25, 0.3) is 5.89 Å². The fourth-order valence-electron chi connectivity index (χ4n) is 4.58. The number of carboxylic acid groups (broad SMARTS) is 1. The van der Waals surface area contributed by atoms with Crippen molar-refractivity contribution in [3.8, 4) is 11.6 Å². The number of aryl methyl sites for hydroxylation is 1. The van der Waals surface area contributed by atoms with Crippen molar-refractivity contribution in [3.63, 3.8) is 0 Å². The highest BCUT2D eigenvalue weighted by atomic mass is 19.4. The molecule has 0 amide bonds. The molecule has 1 aliphatic carbocycles. The van der Waals surface area contributed by atoms with Crippen LogP contribution in [-0.4, -0.2) is 45.0 Å². The van der Waals surface area contributed by atoms with Gasteiger partial charge in [0.1, 0.15) is 12.2 Å². The fourth-order valence-corrected chi connectivity index (χ4v) is 4.58. The summed E-state index contributed by atoms with van der Waals surface area (Å²) in [5, 5.41) is 23.9. The lowest BCUT2D eigenvalue weighted by Crippen LogP contribution is -2.31. The lowest BCUT2D eigenvalue weighted by molar-refractivity contribution is -0.142. The summed E-state index contributed by atoms with van der Waals surface area (Å²) in [7, 11) is 0. The number of carboxylic acids is 1. The summed E-state index contributed by atoms with van der Waals surface area (Å²) in [6, 6.07) is 5.26. The second kappa shape index (κ2) is 9.59. The second-order valence-corrected chi connectivity index (χ2v) is 10.4. The summed E-state index contributed by atoms with van der Waals surface area (Å²) >= 11 is 0. The number of carbonyl (C=O) groups is 1. The van der Waals surface area contributed by atoms with E-state index in [1.54, 1.807) is 18.2 Å². The molecule has 2 unspecified atom stereocenters. The Morgan fingerprint density at radius 2 is 1.92 bits per heavy atom. The highest BCUT2D eigenvalue weighted by molar-refractivity contribution is 5.90. The number of rotatable bonds is 6. The predicted molar refractivity (Wildman–Crippen MR) is 130 cm³/mol. The number of hydrogen-bond donors (Lipinski definition) is 3. The molecule has 11 heteroatoms. The zero-order valence-electron chi connectivity index (χ0n) is 20.7. The molecule has 1 fully saturated rings. The van der Waals surface area contributed by atoms with Gasteiger partial charge in [0.05, 0.1) is 11.4 Å². The third-order valence-corrected chi connectivity index (χ3v) is 6.42. The largest absolute Gasteiger partial charge is 0.481 e. The van der Waals surface area contributed by atoms with Gasteiger partial charge in [-0.15, -0.1) is 5.10 Å². The SMILES string of the molecule is Cc1cc(-c2nnc(NC3CCCC(C(=O)O)C3)o2)nc2c(C(C)(C)C)cc(NCC(F)(F)F)cc12. The van der Waals surface area contributed by atoms with E-state index >= 15 is 0 Å². The molecule has 3 aromatic rings. The molecule has 4 rings (SSSR count). The monoisotopic (exact) mass is 505 g/mol. The maximum atomic E-state index is 12.8. The summed E-state index contributed by atoms with van der Waals surface area (Å²) in [6.07, 6.45) is -1.57. The molecule has 2 atom stereocenters. The summed E-state index contributed by atoms with van der Waals surface area (Å²) in [5.41, 5.74) is 2.68. The van der Waals surface area contributed by atoms with E-state index in [4.69, 9.17) is 9.40 Å². The van der Waals surface area contributed by atoms with Crippen molar-refractivity contribution >= 4 is 28.6 Å². The topological polar surface area (TPSA) is 113 Å². The molecule has 0 spiro atoms. The number of alkyl halides is 3. The van der Waals surface area contributed by atoms with Crippen molar-refractivity contribution in [3.05, 3.63) is 29.3 Å². The van der Waals surface area contributed by atoms with Crippen LogP contribution in [0.3, 0.4) is 0 Å². The van der Waals surface area contributed by atoms with E-state index in [9.17, 15) is 23.1 Å². The van der Waals surface area contributed by atoms with Crippen LogP contribution in [0.25, 0.3) is 22.5 Å². The van der Waals surface area contributed by atoms with Gasteiger partial charge in [-0.05, 0) is 60.9 Å². The lowest BCUT2D eigenvalue weighted by atomic mass is 9.84. The van der Waals surface area contributed by atoms with Crippen molar-refractivity contribution in [2.75, 3.05) is 17.2 Å². The van der Waals surface area contributed by atoms with Crippen molar-refractivity contribution in [1.82, 2.24) is 15.2 Å². The van der Waals surface area contributed by atoms with Gasteiger partial charge in [-0.1, -0.05) is 32.3 Å². The fraction of sp³-hybridized carbons (Fsp3) is 0.520. The molecule has 0 saturated heterocycles. The van der Waals surface area contributed by atoms with Crippen LogP contribution in [0, 0.1) is 12.8 Å². The normalized spacial score (nSPS) is 18.9. The number of anilines is 2. The van der Waals surface area contributed by atoms with Crippen LogP contribution in [0.1, 0.15) is 57.6 Å². The summed E-state index contributed by atoms with van der Waals surface area (Å²) in [6.45, 7) is 6.66. The molecule has 1 aromatic carbocycles. The number of pyridine rings is 1. The van der Waals surface area contributed by atoms with Gasteiger partial charge in [0, 0.05) is 17.1 Å². The average Bonchev–Trinajstić information content (AvgIpc) is 3.25. The molecule has 1 aliphatic rings. The highest BCUT2D eigenvalue weighted by Gasteiger charge is 2.29. The van der Waals surface area contributed by atoms with Gasteiger partial charge < -0.3 is 20.2 Å². The zero-order valence-corrected chi connectivity index (χ0v) is 20.7. The number of nitrogens with one attached hydrogen (secondary N) is 2. The Kier molecular flexibility index (Phi) is 6.85. The van der Waals surface area contributed by atoms with Crippen molar-refractivity contribution < 1.29 is 27.5 Å². The van der Waals surface area contributed by atoms with Gasteiger partial charge in [-0.3, -0.25) is 4.79 Å². The van der Waals surface area contributed by atoms with Gasteiger partial charge in [0.15, 0.2) is 0 Å². The molecule has 36 heavy (non-hydrogen) atoms. The Bertz CT molecular complexity index is 1270. The molecular formula is C25H30F3N5O3. The predicted octanol–water partition coefficient (Wildman–Crippen LogP) is 5.92. The Balaban J connectivity index is 1.65. The molecule has 0 aliphatic heterocycles. The Morgan fingerprint density at radius 1 is 1.17 bits per heavy atom. The van der Waals surface area contributed by atoms with Gasteiger partial charge >= 0.3 is 18.2 Å². The van der Waals surface area contributed by atoms with Crippen molar-refractivity contribution in [2.45, 2.75) is 71.0 Å². The van der Waals surface area contributed by atoms with E-state index in [0.717, 1.165) is 29.4 Å². The standard InChI is InChI=1S/C25H30F3N5O3/c1-13-8-19(21-32-33-23(36-21)30-15-7-5-6-14(9-15)22(34)35)31-20-17(13)10-16(29-12-25(26,27)28)11-18(20)24(2,3)4/h8,10-11,14-15,29H,5-7,9,12H2,1-4H3,(H,30,33)(H,34,35). The number of benzene rings is 1. The number of aromatic nitrogens is 3. The minimum atomic E-state index is -4.33. The Morgan fingerprint density at radius 3 is 2.58 bits per heavy atom. The maximum Gasteiger partial charge on any atom is 0.405 e. The number of halogens is 3. The zero-order chi connectivity index (χ0) is 26.3. The Labute approximate surface area is 206 Å². The first-order valence-corrected chi connectivity index (χ1v) is 11.9. The average molecular weight is 506 g/mol. The smallest absolute Gasteiger partial charge is 0.405 e. The van der Waals surface area contributed by atoms with Crippen molar-refractivity contribution in [2.24, 2.45) is 5.92 Å². The Hall–Kier alpha value is -3.37. The molecule has 3 N–H and O–H groups in total. The molecule has 0 bridgehead atoms. The number of aliphatic carboxylic acids is 1. The van der Waals surface area contributed by atoms with E-state index in [1.165, 1.54) is 0 Å². The third kappa shape index (κ3) is 5.88. The van der Waals surface area contributed by atoms with Crippen LogP contribution in [0.2, 0.25) is 0 Å². The minimum absolute atomic E-state index is 0.0745. The highest BCUT2D eigenvalue weighted by Crippen LogP contribution is 2.36. The number of fused-ring (bicyclic) bond motifs is 1. The summed E-state index contributed by atoms with van der Waals surface area (Å²) in [4.78, 5) is 16.1. The first-order valence-electron chi connectivity index (χ1n) is 11.9. The minimum Gasteiger partial charge on any atom is -0.481 e. The molecule has 194 valence electrons.